The summed E-state index contributed by atoms with van der Waals surface area (Å²) in [6.45, 7) is 1.89. The summed E-state index contributed by atoms with van der Waals surface area (Å²) in [4.78, 5) is 1.91. The smallest absolute Gasteiger partial charge is 0.174 e. The van der Waals surface area contributed by atoms with E-state index in [2.05, 4.69) is 10.2 Å². The van der Waals surface area contributed by atoms with Crippen molar-refractivity contribution in [1.82, 2.24) is 10.2 Å². The Balaban J connectivity index is 3.13. The van der Waals surface area contributed by atoms with E-state index in [9.17, 15) is 0 Å². The number of aromatic nitrogens is 2. The summed E-state index contributed by atoms with van der Waals surface area (Å²) < 4.78 is 0. The molecule has 1 aromatic rings. The lowest BCUT2D eigenvalue weighted by molar-refractivity contribution is 0.962. The maximum Gasteiger partial charge on any atom is 0.174 e. The lowest BCUT2D eigenvalue weighted by Crippen LogP contribution is -2.10. The quantitative estimate of drug-likeness (QED) is 0.642. The fraction of sp³-hybridized carbons (Fsp3) is 0.429. The molecule has 3 nitrogen and oxygen atoms in total. The predicted molar refractivity (Wildman–Crippen MR) is 46.1 cm³/mol. The summed E-state index contributed by atoms with van der Waals surface area (Å²) in [6, 6.07) is 1.90. The van der Waals surface area contributed by atoms with Crippen LogP contribution in [-0.2, 0) is 0 Å². The van der Waals surface area contributed by atoms with E-state index in [1.54, 1.807) is 0 Å². The summed E-state index contributed by atoms with van der Waals surface area (Å²) in [7, 11) is 3.84. The summed E-state index contributed by atoms with van der Waals surface area (Å²) in [6.07, 6.45) is 0. The molecule has 0 amide bonds. The zero-order chi connectivity index (χ0) is 8.43. The molecule has 0 atom stereocenters. The van der Waals surface area contributed by atoms with Crippen molar-refractivity contribution >= 4 is 17.3 Å². The molecule has 0 N–H and O–H groups in total. The van der Waals surface area contributed by atoms with Crippen molar-refractivity contribution < 1.29 is 0 Å². The molecule has 11 heavy (non-hydrogen) atoms. The lowest BCUT2D eigenvalue weighted by atomic mass is 10.3. The van der Waals surface area contributed by atoms with Gasteiger partial charge in [0.15, 0.2) is 5.15 Å². The van der Waals surface area contributed by atoms with Crippen molar-refractivity contribution in [3.8, 4) is 0 Å². The van der Waals surface area contributed by atoms with Gasteiger partial charge in [0.05, 0.1) is 11.4 Å². The van der Waals surface area contributed by atoms with Crippen LogP contribution in [0.5, 0.6) is 0 Å². The highest BCUT2D eigenvalue weighted by atomic mass is 35.5. The molecule has 0 aromatic carbocycles. The van der Waals surface area contributed by atoms with Crippen molar-refractivity contribution in [2.75, 3.05) is 19.0 Å². The molecule has 0 saturated carbocycles. The van der Waals surface area contributed by atoms with Crippen LogP contribution in [0.3, 0.4) is 0 Å². The summed E-state index contributed by atoms with van der Waals surface area (Å²) >= 11 is 5.78. The monoisotopic (exact) mass is 171 g/mol. The molecule has 1 heterocycles. The fourth-order valence-electron chi connectivity index (χ4n) is 0.774. The number of aryl methyl sites for hydroxylation is 1. The molecule has 1 rings (SSSR count). The number of rotatable bonds is 1. The molecule has 0 aliphatic carbocycles. The van der Waals surface area contributed by atoms with Crippen LogP contribution in [0.4, 0.5) is 5.69 Å². The maximum absolute atomic E-state index is 5.78. The first-order valence-corrected chi connectivity index (χ1v) is 3.66. The topological polar surface area (TPSA) is 29.0 Å². The van der Waals surface area contributed by atoms with Crippen molar-refractivity contribution in [2.24, 2.45) is 0 Å². The fourth-order valence-corrected chi connectivity index (χ4v) is 1.04. The standard InChI is InChI=1S/C7H10ClN3/c1-5-4-6(11(2)3)7(8)10-9-5/h4H,1-3H3. The van der Waals surface area contributed by atoms with Crippen LogP contribution in [0.25, 0.3) is 0 Å². The molecular formula is C7H10ClN3. The third kappa shape index (κ3) is 1.80. The van der Waals surface area contributed by atoms with Gasteiger partial charge in [0.1, 0.15) is 0 Å². The van der Waals surface area contributed by atoms with Gasteiger partial charge in [-0.2, -0.15) is 5.10 Å². The molecule has 0 saturated heterocycles. The van der Waals surface area contributed by atoms with Gasteiger partial charge >= 0.3 is 0 Å². The summed E-state index contributed by atoms with van der Waals surface area (Å²) in [5, 5.41) is 8.03. The van der Waals surface area contributed by atoms with E-state index >= 15 is 0 Å². The van der Waals surface area contributed by atoms with Gasteiger partial charge in [-0.05, 0) is 13.0 Å². The van der Waals surface area contributed by atoms with E-state index in [1.807, 2.05) is 32.0 Å². The number of hydrogen-bond acceptors (Lipinski definition) is 3. The highest BCUT2D eigenvalue weighted by Crippen LogP contribution is 2.20. The van der Waals surface area contributed by atoms with E-state index < -0.39 is 0 Å². The number of nitrogens with zero attached hydrogens (tertiary/aromatic N) is 3. The Morgan fingerprint density at radius 2 is 2.00 bits per heavy atom. The normalized spacial score (nSPS) is 9.82. The summed E-state index contributed by atoms with van der Waals surface area (Å²) in [5.41, 5.74) is 1.78. The second kappa shape index (κ2) is 3.05. The first kappa shape index (κ1) is 8.27. The molecule has 0 radical (unpaired) electrons. The lowest BCUT2D eigenvalue weighted by Gasteiger charge is -2.12. The van der Waals surface area contributed by atoms with Crippen LogP contribution >= 0.6 is 11.6 Å². The largest absolute Gasteiger partial charge is 0.375 e. The zero-order valence-corrected chi connectivity index (χ0v) is 7.55. The van der Waals surface area contributed by atoms with Gasteiger partial charge in [0.2, 0.25) is 0 Å². The Kier molecular flexibility index (Phi) is 2.29. The first-order chi connectivity index (χ1) is 5.11. The van der Waals surface area contributed by atoms with Gasteiger partial charge in [0.25, 0.3) is 0 Å². The Hall–Kier alpha value is -0.830. The van der Waals surface area contributed by atoms with E-state index in [1.165, 1.54) is 0 Å². The molecule has 4 heteroatoms. The third-order valence-electron chi connectivity index (χ3n) is 1.33. The zero-order valence-electron chi connectivity index (χ0n) is 6.80. The van der Waals surface area contributed by atoms with E-state index in [-0.39, 0.29) is 0 Å². The summed E-state index contributed by atoms with van der Waals surface area (Å²) in [5.74, 6) is 0. The number of hydrogen-bond donors (Lipinski definition) is 0. The van der Waals surface area contributed by atoms with E-state index in [4.69, 9.17) is 11.6 Å². The Bertz CT molecular complexity index is 260. The predicted octanol–water partition coefficient (Wildman–Crippen LogP) is 1.50. The van der Waals surface area contributed by atoms with Crippen LogP contribution in [0.2, 0.25) is 5.15 Å². The van der Waals surface area contributed by atoms with Crippen LogP contribution in [0.1, 0.15) is 5.69 Å². The van der Waals surface area contributed by atoms with E-state index in [0.717, 1.165) is 11.4 Å². The second-order valence-corrected chi connectivity index (χ2v) is 2.91. The molecule has 0 unspecified atom stereocenters. The first-order valence-electron chi connectivity index (χ1n) is 3.28. The molecule has 0 aliphatic rings. The minimum atomic E-state index is 0.445. The van der Waals surface area contributed by atoms with Crippen molar-refractivity contribution in [2.45, 2.75) is 6.92 Å². The van der Waals surface area contributed by atoms with E-state index in [0.29, 0.717) is 5.15 Å². The average molecular weight is 172 g/mol. The van der Waals surface area contributed by atoms with Gasteiger partial charge in [-0.25, -0.2) is 0 Å². The van der Waals surface area contributed by atoms with Gasteiger partial charge < -0.3 is 4.90 Å². The Morgan fingerprint density at radius 3 is 2.45 bits per heavy atom. The van der Waals surface area contributed by atoms with Gasteiger partial charge in [-0.1, -0.05) is 11.6 Å². The SMILES string of the molecule is Cc1cc(N(C)C)c(Cl)nn1. The molecule has 0 spiro atoms. The number of halogens is 1. The van der Waals surface area contributed by atoms with Crippen LogP contribution in [0, 0.1) is 6.92 Å². The maximum atomic E-state index is 5.78. The minimum absolute atomic E-state index is 0.445. The van der Waals surface area contributed by atoms with Crippen molar-refractivity contribution in [1.29, 1.82) is 0 Å². The Morgan fingerprint density at radius 1 is 1.36 bits per heavy atom. The molecule has 0 bridgehead atoms. The number of anilines is 1. The third-order valence-corrected chi connectivity index (χ3v) is 1.60. The van der Waals surface area contributed by atoms with Crippen molar-refractivity contribution in [3.05, 3.63) is 16.9 Å². The van der Waals surface area contributed by atoms with Gasteiger partial charge in [-0.3, -0.25) is 0 Å². The molecule has 0 fully saturated rings. The van der Waals surface area contributed by atoms with Gasteiger partial charge in [0, 0.05) is 14.1 Å². The highest BCUT2D eigenvalue weighted by Gasteiger charge is 2.03. The van der Waals surface area contributed by atoms with Crippen LogP contribution in [-0.4, -0.2) is 24.3 Å². The highest BCUT2D eigenvalue weighted by molar-refractivity contribution is 6.31. The van der Waals surface area contributed by atoms with Crippen molar-refractivity contribution in [3.63, 3.8) is 0 Å². The molecular weight excluding hydrogens is 162 g/mol. The molecule has 1 aromatic heterocycles. The average Bonchev–Trinajstić information content (AvgIpc) is 1.94. The Labute approximate surface area is 71.0 Å². The molecule has 0 aliphatic heterocycles. The van der Waals surface area contributed by atoms with Crippen LogP contribution < -0.4 is 4.90 Å². The second-order valence-electron chi connectivity index (χ2n) is 2.56. The van der Waals surface area contributed by atoms with Gasteiger partial charge in [-0.15, -0.1) is 5.10 Å². The molecule has 60 valence electrons. The minimum Gasteiger partial charge on any atom is -0.375 e. The van der Waals surface area contributed by atoms with Crippen LogP contribution in [0.15, 0.2) is 6.07 Å².